The molecule has 4 heteroatoms. The first kappa shape index (κ1) is 17.4. The van der Waals surface area contributed by atoms with E-state index in [1.165, 1.54) is 7.11 Å². The van der Waals surface area contributed by atoms with E-state index in [-0.39, 0.29) is 18.2 Å². The Kier molecular flexibility index (Phi) is 6.09. The number of rotatable bonds is 6. The maximum absolute atomic E-state index is 12.9. The first-order valence-electron chi connectivity index (χ1n) is 7.25. The van der Waals surface area contributed by atoms with E-state index >= 15 is 0 Å². The predicted molar refractivity (Wildman–Crippen MR) is 83.8 cm³/mol. The summed E-state index contributed by atoms with van der Waals surface area (Å²) in [5.41, 5.74) is 4.87. The van der Waals surface area contributed by atoms with Crippen molar-refractivity contribution in [2.24, 2.45) is 0 Å². The highest BCUT2D eigenvalue weighted by Gasteiger charge is 2.26. The minimum atomic E-state index is -0.541. The van der Waals surface area contributed by atoms with Crippen LogP contribution in [0, 0.1) is 27.7 Å². The molecule has 0 amide bonds. The summed E-state index contributed by atoms with van der Waals surface area (Å²) >= 11 is 0. The number of aryl methyl sites for hydroxylation is 2. The van der Waals surface area contributed by atoms with Crippen LogP contribution in [0.15, 0.2) is 6.07 Å². The van der Waals surface area contributed by atoms with Crippen molar-refractivity contribution in [1.29, 1.82) is 0 Å². The zero-order valence-corrected chi connectivity index (χ0v) is 13.8. The van der Waals surface area contributed by atoms with Crippen LogP contribution in [0.5, 0.6) is 0 Å². The number of nitrogens with one attached hydrogen (secondary N) is 1. The van der Waals surface area contributed by atoms with E-state index in [1.54, 1.807) is 0 Å². The van der Waals surface area contributed by atoms with Gasteiger partial charge in [0, 0.05) is 5.56 Å². The third-order valence-corrected chi connectivity index (χ3v) is 3.98. The van der Waals surface area contributed by atoms with Crippen molar-refractivity contribution in [3.8, 4) is 0 Å². The molecule has 0 aromatic heterocycles. The Morgan fingerprint density at radius 1 is 1.14 bits per heavy atom. The van der Waals surface area contributed by atoms with E-state index in [4.69, 9.17) is 0 Å². The zero-order chi connectivity index (χ0) is 16.2. The summed E-state index contributed by atoms with van der Waals surface area (Å²) in [7, 11) is 1.34. The van der Waals surface area contributed by atoms with Crippen molar-refractivity contribution in [3.05, 3.63) is 33.9 Å². The summed E-state index contributed by atoms with van der Waals surface area (Å²) < 4.78 is 4.69. The predicted octanol–water partition coefficient (Wildman–Crippen LogP) is 2.64. The fraction of sp³-hybridized carbons (Fsp3) is 0.529. The van der Waals surface area contributed by atoms with Crippen molar-refractivity contribution >= 4 is 11.8 Å². The van der Waals surface area contributed by atoms with Crippen LogP contribution in [-0.2, 0) is 9.53 Å². The van der Waals surface area contributed by atoms with Crippen LogP contribution in [0.2, 0.25) is 0 Å². The minimum absolute atomic E-state index is 0.0379. The molecule has 0 aliphatic carbocycles. The molecule has 0 saturated heterocycles. The molecule has 116 valence electrons. The lowest BCUT2D eigenvalue weighted by Crippen LogP contribution is -2.39. The molecule has 21 heavy (non-hydrogen) atoms. The smallest absolute Gasteiger partial charge is 0.307 e. The Bertz CT molecular complexity index is 523. The van der Waals surface area contributed by atoms with E-state index in [9.17, 15) is 9.59 Å². The lowest BCUT2D eigenvalue weighted by molar-refractivity contribution is -0.140. The molecular formula is C17H25NO3. The molecule has 0 aliphatic heterocycles. The second kappa shape index (κ2) is 7.36. The maximum Gasteiger partial charge on any atom is 0.307 e. The number of benzene rings is 1. The van der Waals surface area contributed by atoms with Crippen LogP contribution in [0.3, 0.4) is 0 Å². The molecule has 0 radical (unpaired) electrons. The third-order valence-electron chi connectivity index (χ3n) is 3.98. The fourth-order valence-electron chi connectivity index (χ4n) is 2.51. The van der Waals surface area contributed by atoms with Gasteiger partial charge < -0.3 is 10.1 Å². The normalized spacial score (nSPS) is 12.1. The maximum atomic E-state index is 12.9. The number of Topliss-reactive ketones (excluding diaryl/α,β-unsaturated/α-hetero) is 1. The van der Waals surface area contributed by atoms with Crippen LogP contribution in [0.1, 0.15) is 46.0 Å². The molecule has 0 heterocycles. The van der Waals surface area contributed by atoms with Gasteiger partial charge in [-0.2, -0.15) is 0 Å². The number of ketones is 1. The SMILES string of the molecule is CCNC(CC(=O)OC)C(=O)c1c(C)c(C)cc(C)c1C. The van der Waals surface area contributed by atoms with Gasteiger partial charge in [-0.3, -0.25) is 9.59 Å². The molecule has 1 unspecified atom stereocenters. The monoisotopic (exact) mass is 291 g/mol. The van der Waals surface area contributed by atoms with E-state index in [2.05, 4.69) is 16.1 Å². The van der Waals surface area contributed by atoms with Gasteiger partial charge in [0.25, 0.3) is 0 Å². The van der Waals surface area contributed by atoms with Crippen molar-refractivity contribution in [2.45, 2.75) is 47.1 Å². The van der Waals surface area contributed by atoms with Crippen molar-refractivity contribution in [1.82, 2.24) is 5.32 Å². The highest BCUT2D eigenvalue weighted by atomic mass is 16.5. The molecule has 1 rings (SSSR count). The first-order chi connectivity index (χ1) is 9.83. The van der Waals surface area contributed by atoms with Gasteiger partial charge in [-0.25, -0.2) is 0 Å². The molecule has 1 N–H and O–H groups in total. The van der Waals surface area contributed by atoms with Gasteiger partial charge in [0.05, 0.1) is 19.6 Å². The van der Waals surface area contributed by atoms with E-state index < -0.39 is 6.04 Å². The third kappa shape index (κ3) is 3.91. The van der Waals surface area contributed by atoms with E-state index in [1.807, 2.05) is 34.6 Å². The molecule has 0 aliphatic rings. The molecule has 1 atom stereocenters. The van der Waals surface area contributed by atoms with Gasteiger partial charge in [-0.1, -0.05) is 13.0 Å². The molecule has 0 saturated carbocycles. The zero-order valence-electron chi connectivity index (χ0n) is 13.8. The summed E-state index contributed by atoms with van der Waals surface area (Å²) in [5, 5.41) is 3.09. The molecule has 1 aromatic carbocycles. The summed E-state index contributed by atoms with van der Waals surface area (Å²) in [4.78, 5) is 24.4. The Labute approximate surface area is 126 Å². The molecule has 4 nitrogen and oxygen atoms in total. The molecule has 1 aromatic rings. The van der Waals surface area contributed by atoms with Gasteiger partial charge in [0.2, 0.25) is 0 Å². The number of likely N-dealkylation sites (N-methyl/N-ethyl adjacent to an activating group) is 1. The van der Waals surface area contributed by atoms with Crippen molar-refractivity contribution < 1.29 is 14.3 Å². The fourth-order valence-corrected chi connectivity index (χ4v) is 2.51. The number of esters is 1. The number of carbonyl (C=O) groups is 2. The highest BCUT2D eigenvalue weighted by molar-refractivity contribution is 6.04. The summed E-state index contributed by atoms with van der Waals surface area (Å²) in [6, 6.07) is 1.55. The molecular weight excluding hydrogens is 266 g/mol. The second-order valence-electron chi connectivity index (χ2n) is 5.39. The Morgan fingerprint density at radius 2 is 1.67 bits per heavy atom. The molecule has 0 spiro atoms. The van der Waals surface area contributed by atoms with Gasteiger partial charge in [0.15, 0.2) is 5.78 Å². The Balaban J connectivity index is 3.23. The molecule has 0 bridgehead atoms. The van der Waals surface area contributed by atoms with Crippen LogP contribution in [0.25, 0.3) is 0 Å². The summed E-state index contributed by atoms with van der Waals surface area (Å²) in [5.74, 6) is -0.418. The van der Waals surface area contributed by atoms with Gasteiger partial charge in [-0.05, 0) is 56.5 Å². The van der Waals surface area contributed by atoms with Crippen LogP contribution < -0.4 is 5.32 Å². The van der Waals surface area contributed by atoms with E-state index in [0.29, 0.717) is 6.54 Å². The number of hydrogen-bond donors (Lipinski definition) is 1. The Hall–Kier alpha value is -1.68. The lowest BCUT2D eigenvalue weighted by atomic mass is 9.88. The quantitative estimate of drug-likeness (QED) is 0.646. The number of methoxy groups -OCH3 is 1. The van der Waals surface area contributed by atoms with Crippen LogP contribution in [-0.4, -0.2) is 31.4 Å². The number of hydrogen-bond acceptors (Lipinski definition) is 4. The average molecular weight is 291 g/mol. The second-order valence-corrected chi connectivity index (χ2v) is 5.39. The van der Waals surface area contributed by atoms with Gasteiger partial charge in [0.1, 0.15) is 0 Å². The summed E-state index contributed by atoms with van der Waals surface area (Å²) in [6.45, 7) is 10.4. The van der Waals surface area contributed by atoms with Crippen molar-refractivity contribution in [2.75, 3.05) is 13.7 Å². The lowest BCUT2D eigenvalue weighted by Gasteiger charge is -2.20. The minimum Gasteiger partial charge on any atom is -0.469 e. The number of carbonyl (C=O) groups excluding carboxylic acids is 2. The largest absolute Gasteiger partial charge is 0.469 e. The topological polar surface area (TPSA) is 55.4 Å². The van der Waals surface area contributed by atoms with E-state index in [0.717, 1.165) is 27.8 Å². The van der Waals surface area contributed by atoms with Crippen molar-refractivity contribution in [3.63, 3.8) is 0 Å². The molecule has 0 fully saturated rings. The summed E-state index contributed by atoms with van der Waals surface area (Å²) in [6.07, 6.45) is 0.0506. The Morgan fingerprint density at radius 3 is 2.10 bits per heavy atom. The van der Waals surface area contributed by atoms with Crippen LogP contribution >= 0.6 is 0 Å². The highest BCUT2D eigenvalue weighted by Crippen LogP contribution is 2.23. The van der Waals surface area contributed by atoms with Gasteiger partial charge in [-0.15, -0.1) is 0 Å². The van der Waals surface area contributed by atoms with Crippen LogP contribution in [0.4, 0.5) is 0 Å². The number of ether oxygens (including phenoxy) is 1. The van der Waals surface area contributed by atoms with Gasteiger partial charge >= 0.3 is 5.97 Å². The average Bonchev–Trinajstić information content (AvgIpc) is 2.44. The first-order valence-corrected chi connectivity index (χ1v) is 7.25. The standard InChI is InChI=1S/C17H25NO3/c1-7-18-14(9-15(19)21-6)17(20)16-12(4)10(2)8-11(3)13(16)5/h8,14,18H,7,9H2,1-6H3.